The van der Waals surface area contributed by atoms with Gasteiger partial charge in [-0.1, -0.05) is 51.5 Å². The number of piperidine rings is 1. The molecule has 1 aliphatic carbocycles. The van der Waals surface area contributed by atoms with Gasteiger partial charge < -0.3 is 43.9 Å². The lowest BCUT2D eigenvalue weighted by Crippen LogP contribution is -2.62. The van der Waals surface area contributed by atoms with Crippen LogP contribution in [0.5, 0.6) is 0 Å². The van der Waals surface area contributed by atoms with Crippen LogP contribution in [0.2, 0.25) is 0 Å². The molecule has 3 aliphatic heterocycles. The highest BCUT2D eigenvalue weighted by atomic mass is 16.6. The highest BCUT2D eigenvalue weighted by molar-refractivity contribution is 6.07. The number of cyclic esters (lactones) is 1. The molecule has 12 nitrogen and oxygen atoms in total. The Morgan fingerprint density at radius 3 is 2.19 bits per heavy atom. The molecule has 12 heteroatoms. The van der Waals surface area contributed by atoms with Crippen molar-refractivity contribution in [1.82, 2.24) is 4.90 Å². The van der Waals surface area contributed by atoms with Crippen LogP contribution >= 0.6 is 0 Å². The van der Waals surface area contributed by atoms with Crippen LogP contribution in [-0.4, -0.2) is 120 Å². The molecular formula is C47H77NO11. The second kappa shape index (κ2) is 22.5. The summed E-state index contributed by atoms with van der Waals surface area (Å²) in [5.41, 5.74) is -0.542. The number of esters is 2. The van der Waals surface area contributed by atoms with Crippen molar-refractivity contribution in [3.63, 3.8) is 0 Å². The number of ether oxygens (including phenoxy) is 5. The van der Waals surface area contributed by atoms with Crippen molar-refractivity contribution in [3.05, 3.63) is 36.0 Å². The summed E-state index contributed by atoms with van der Waals surface area (Å²) in [5, 5.41) is 34.6. The third kappa shape index (κ3) is 12.3. The van der Waals surface area contributed by atoms with E-state index in [2.05, 4.69) is 39.5 Å². The number of hydrogen-bond acceptors (Lipinski definition) is 11. The molecule has 0 spiro atoms. The Morgan fingerprint density at radius 1 is 0.864 bits per heavy atom. The van der Waals surface area contributed by atoms with Crippen LogP contribution in [0.4, 0.5) is 0 Å². The largest absolute Gasteiger partial charge is 0.456 e. The topological polar surface area (TPSA) is 161 Å². The van der Waals surface area contributed by atoms with Gasteiger partial charge in [0.1, 0.15) is 12.1 Å². The van der Waals surface area contributed by atoms with Gasteiger partial charge in [-0.2, -0.15) is 0 Å². The highest BCUT2D eigenvalue weighted by Crippen LogP contribution is 2.38. The Morgan fingerprint density at radius 2 is 1.53 bits per heavy atom. The van der Waals surface area contributed by atoms with E-state index in [1.165, 1.54) is 17.6 Å². The van der Waals surface area contributed by atoms with Crippen molar-refractivity contribution in [3.8, 4) is 0 Å². The van der Waals surface area contributed by atoms with Gasteiger partial charge >= 0.3 is 11.9 Å². The predicted octanol–water partition coefficient (Wildman–Crippen LogP) is 6.49. The summed E-state index contributed by atoms with van der Waals surface area (Å²) in [4.78, 5) is 44.7. The molecule has 15 atom stereocenters. The van der Waals surface area contributed by atoms with Crippen LogP contribution in [0.3, 0.4) is 0 Å². The molecule has 0 aromatic heterocycles. The van der Waals surface area contributed by atoms with Crippen molar-refractivity contribution in [2.45, 2.75) is 179 Å². The summed E-state index contributed by atoms with van der Waals surface area (Å²) >= 11 is 0. The third-order valence-electron chi connectivity index (χ3n) is 13.9. The number of aliphatic hydroxyl groups excluding tert-OH is 2. The van der Waals surface area contributed by atoms with Crippen molar-refractivity contribution >= 4 is 17.8 Å². The summed E-state index contributed by atoms with van der Waals surface area (Å²) in [7, 11) is 4.70. The Labute approximate surface area is 354 Å². The minimum absolute atomic E-state index is 0.0580. The fraction of sp³-hybridized carbons (Fsp3) is 0.809. The van der Waals surface area contributed by atoms with E-state index in [0.29, 0.717) is 50.9 Å². The third-order valence-corrected chi connectivity index (χ3v) is 13.9. The number of methoxy groups -OCH3 is 3. The van der Waals surface area contributed by atoms with E-state index in [9.17, 15) is 29.7 Å². The van der Waals surface area contributed by atoms with E-state index >= 15 is 0 Å². The molecule has 3 fully saturated rings. The van der Waals surface area contributed by atoms with Crippen LogP contribution < -0.4 is 0 Å². The maximum atomic E-state index is 14.7. The van der Waals surface area contributed by atoms with Gasteiger partial charge in [-0.15, -0.1) is 6.58 Å². The molecule has 2 saturated heterocycles. The van der Waals surface area contributed by atoms with Crippen LogP contribution in [-0.2, 0) is 38.1 Å². The molecule has 15 unspecified atom stereocenters. The molecule has 4 aliphatic rings. The first kappa shape index (κ1) is 49.0. The van der Waals surface area contributed by atoms with E-state index in [1.807, 2.05) is 19.9 Å². The molecule has 2 bridgehead atoms. The van der Waals surface area contributed by atoms with Crippen molar-refractivity contribution in [2.24, 2.45) is 35.5 Å². The fourth-order valence-corrected chi connectivity index (χ4v) is 10.4. The maximum absolute atomic E-state index is 14.7. The monoisotopic (exact) mass is 832 g/mol. The number of hydrogen-bond donors (Lipinski definition) is 3. The summed E-state index contributed by atoms with van der Waals surface area (Å²) in [5.74, 6) is -3.26. The highest BCUT2D eigenvalue weighted by Gasteiger charge is 2.58. The summed E-state index contributed by atoms with van der Waals surface area (Å²) in [6.07, 6.45) is 9.58. The average Bonchev–Trinajstić information content (AvgIpc) is 3.30. The normalized spacial score (nSPS) is 41.5. The molecule has 0 aromatic carbocycles. The van der Waals surface area contributed by atoms with Crippen LogP contribution in [0.15, 0.2) is 36.0 Å². The van der Waals surface area contributed by atoms with Gasteiger partial charge in [-0.25, -0.2) is 9.59 Å². The first-order valence-corrected chi connectivity index (χ1v) is 22.3. The lowest BCUT2D eigenvalue weighted by molar-refractivity contribution is -0.192. The summed E-state index contributed by atoms with van der Waals surface area (Å²) in [6.45, 7) is 16.1. The number of rotatable bonds is 7. The van der Waals surface area contributed by atoms with Crippen molar-refractivity contribution < 1.29 is 53.4 Å². The molecule has 59 heavy (non-hydrogen) atoms. The van der Waals surface area contributed by atoms with E-state index in [1.54, 1.807) is 21.1 Å². The van der Waals surface area contributed by atoms with Crippen molar-refractivity contribution in [2.75, 3.05) is 27.9 Å². The zero-order valence-electron chi connectivity index (χ0n) is 37.5. The van der Waals surface area contributed by atoms with Crippen LogP contribution in [0, 0.1) is 35.5 Å². The Balaban J connectivity index is 1.77. The summed E-state index contributed by atoms with van der Waals surface area (Å²) < 4.78 is 29.9. The van der Waals surface area contributed by atoms with Gasteiger partial charge in [-0.3, -0.25) is 4.79 Å². The van der Waals surface area contributed by atoms with Gasteiger partial charge in [0.15, 0.2) is 6.10 Å². The second-order valence-electron chi connectivity index (χ2n) is 18.7. The molecule has 3 heterocycles. The van der Waals surface area contributed by atoms with Crippen LogP contribution in [0.25, 0.3) is 0 Å². The lowest BCUT2D eigenvalue weighted by Gasteiger charge is -2.40. The number of aliphatic hydroxyl groups is 3. The standard InChI is InChI=1S/C47H77NO11/c1-11-14-34-16-18-37(49)33(7)42(31(5)25-35-17-19-38(50)39(27-35)55-8)58-44(51)36-15-12-13-20-48(36)45(52)47(54)32(6)26-41(57-10)43(59-46(47)53)40(56-9)24-30(4)22-28(2)21-29(3)23-34/h11,23,25,28,30,32-43,49-50,54H,1,12-22,24,26-27H2,2-10H3/b29-23+,31-25+. The smallest absolute Gasteiger partial charge is 0.348 e. The van der Waals surface area contributed by atoms with E-state index in [4.69, 9.17) is 23.7 Å². The quantitative estimate of drug-likeness (QED) is 0.146. The number of amides is 1. The Hall–Kier alpha value is -2.61. The first-order chi connectivity index (χ1) is 28.0. The molecule has 0 aromatic rings. The molecule has 3 N–H and O–H groups in total. The Kier molecular flexibility index (Phi) is 18.7. The van der Waals surface area contributed by atoms with E-state index in [0.717, 1.165) is 31.3 Å². The molecule has 336 valence electrons. The van der Waals surface area contributed by atoms with E-state index < -0.39 is 77.9 Å². The maximum Gasteiger partial charge on any atom is 0.348 e. The first-order valence-electron chi connectivity index (χ1n) is 22.3. The molecule has 1 saturated carbocycles. The van der Waals surface area contributed by atoms with Gasteiger partial charge in [0.25, 0.3) is 5.91 Å². The van der Waals surface area contributed by atoms with Gasteiger partial charge in [-0.05, 0) is 127 Å². The summed E-state index contributed by atoms with van der Waals surface area (Å²) in [6, 6.07) is -1.07. The minimum atomic E-state index is -2.58. The average molecular weight is 832 g/mol. The van der Waals surface area contributed by atoms with Crippen LogP contribution in [0.1, 0.15) is 125 Å². The van der Waals surface area contributed by atoms with E-state index in [-0.39, 0.29) is 43.2 Å². The molecular weight excluding hydrogens is 755 g/mol. The second-order valence-corrected chi connectivity index (χ2v) is 18.7. The van der Waals surface area contributed by atoms with Gasteiger partial charge in [0.05, 0.1) is 30.5 Å². The number of allylic oxidation sites excluding steroid dienone is 4. The molecule has 1 amide bonds. The SMILES string of the molecule is C=CCC1/C=C(\C)CC(C)CC(C)CC(OC)C2OC(=O)C(O)(C(=O)N3CCCCC3C(=O)OC(/C(C)=C/C3CCC(O)C(OC)C3)C(C)C(O)CC1)C(C)CC2OC. The molecule has 0 radical (unpaired) electrons. The lowest BCUT2D eigenvalue weighted by atomic mass is 9.81. The zero-order chi connectivity index (χ0) is 43.6. The van der Waals surface area contributed by atoms with Gasteiger partial charge in [0.2, 0.25) is 5.60 Å². The number of carbonyl (C=O) groups excluding carboxylic acids is 3. The number of carbonyl (C=O) groups is 3. The minimum Gasteiger partial charge on any atom is -0.456 e. The van der Waals surface area contributed by atoms with Gasteiger partial charge in [0, 0.05) is 39.7 Å². The number of fused-ring (bicyclic) bond motifs is 4. The number of nitrogens with zero attached hydrogens (tertiary/aromatic N) is 1. The fourth-order valence-electron chi connectivity index (χ4n) is 10.4. The molecule has 4 rings (SSSR count). The van der Waals surface area contributed by atoms with Crippen molar-refractivity contribution in [1.29, 1.82) is 0 Å². The zero-order valence-corrected chi connectivity index (χ0v) is 37.5. The predicted molar refractivity (Wildman–Crippen MR) is 226 cm³/mol. The Bertz CT molecular complexity index is 1460.